The number of aryl methyl sites for hydroxylation is 1. The van der Waals surface area contributed by atoms with Gasteiger partial charge in [-0.05, 0) is 40.5 Å². The van der Waals surface area contributed by atoms with Crippen LogP contribution in [0.3, 0.4) is 0 Å². The van der Waals surface area contributed by atoms with E-state index in [1.165, 1.54) is 19.2 Å². The van der Waals surface area contributed by atoms with Crippen LogP contribution < -0.4 is 15.2 Å². The molecule has 0 radical (unpaired) electrons. The largest absolute Gasteiger partial charge is 0.494 e. The molecular weight excluding hydrogens is 313 g/mol. The van der Waals surface area contributed by atoms with E-state index in [9.17, 15) is 4.39 Å². The average Bonchev–Trinajstić information content (AvgIpc) is 2.35. The topological polar surface area (TPSA) is 44.5 Å². The molecule has 2 aromatic carbocycles. The van der Waals surface area contributed by atoms with Crippen LogP contribution in [0, 0.1) is 12.7 Å². The normalized spacial score (nSPS) is 10.3. The van der Waals surface area contributed by atoms with Crippen LogP contribution in [0.25, 0.3) is 0 Å². The maximum Gasteiger partial charge on any atom is 0.167 e. The second kappa shape index (κ2) is 5.48. The Kier molecular flexibility index (Phi) is 3.95. The van der Waals surface area contributed by atoms with Gasteiger partial charge >= 0.3 is 0 Å². The molecule has 2 N–H and O–H groups in total. The molecular formula is C14H13BrFNO2. The number of rotatable bonds is 3. The van der Waals surface area contributed by atoms with Gasteiger partial charge in [0.2, 0.25) is 0 Å². The molecule has 3 nitrogen and oxygen atoms in total. The molecule has 0 aliphatic rings. The number of halogens is 2. The molecule has 5 heteroatoms. The van der Waals surface area contributed by atoms with Gasteiger partial charge in [-0.15, -0.1) is 0 Å². The summed E-state index contributed by atoms with van der Waals surface area (Å²) in [5.41, 5.74) is 7.05. The highest BCUT2D eigenvalue weighted by atomic mass is 79.9. The first-order valence-electron chi connectivity index (χ1n) is 5.58. The van der Waals surface area contributed by atoms with E-state index >= 15 is 0 Å². The summed E-state index contributed by atoms with van der Waals surface area (Å²) in [6.45, 7) is 1.98. The predicted molar refractivity (Wildman–Crippen MR) is 76.3 cm³/mol. The summed E-state index contributed by atoms with van der Waals surface area (Å²) < 4.78 is 24.8. The minimum absolute atomic E-state index is 0.0902. The first kappa shape index (κ1) is 13.7. The maximum atomic E-state index is 13.4. The van der Waals surface area contributed by atoms with Crippen LogP contribution in [0.4, 0.5) is 10.1 Å². The van der Waals surface area contributed by atoms with Gasteiger partial charge in [0.05, 0.1) is 17.3 Å². The monoisotopic (exact) mass is 325 g/mol. The number of hydrogen-bond donors (Lipinski definition) is 1. The Morgan fingerprint density at radius 2 is 1.84 bits per heavy atom. The quantitative estimate of drug-likeness (QED) is 0.856. The van der Waals surface area contributed by atoms with Crippen LogP contribution in [0.5, 0.6) is 17.2 Å². The molecule has 0 aliphatic heterocycles. The highest BCUT2D eigenvalue weighted by molar-refractivity contribution is 9.10. The van der Waals surface area contributed by atoms with E-state index in [1.807, 2.05) is 25.1 Å². The summed E-state index contributed by atoms with van der Waals surface area (Å²) in [5.74, 6) is 0.525. The van der Waals surface area contributed by atoms with Crippen molar-refractivity contribution in [1.29, 1.82) is 0 Å². The van der Waals surface area contributed by atoms with E-state index in [0.717, 1.165) is 10.0 Å². The predicted octanol–water partition coefficient (Wildman–Crippen LogP) is 4.28. The molecule has 0 amide bonds. The van der Waals surface area contributed by atoms with Crippen molar-refractivity contribution >= 4 is 21.6 Å². The van der Waals surface area contributed by atoms with Crippen molar-refractivity contribution in [3.63, 3.8) is 0 Å². The third-order valence-electron chi connectivity index (χ3n) is 2.59. The lowest BCUT2D eigenvalue weighted by Gasteiger charge is -2.12. The zero-order chi connectivity index (χ0) is 14.0. The number of benzene rings is 2. The van der Waals surface area contributed by atoms with Crippen molar-refractivity contribution in [3.8, 4) is 17.2 Å². The van der Waals surface area contributed by atoms with E-state index in [0.29, 0.717) is 11.5 Å². The molecule has 19 heavy (non-hydrogen) atoms. The lowest BCUT2D eigenvalue weighted by atomic mass is 10.2. The Morgan fingerprint density at radius 3 is 2.47 bits per heavy atom. The third kappa shape index (κ3) is 2.98. The van der Waals surface area contributed by atoms with E-state index in [2.05, 4.69) is 15.9 Å². The second-order valence-corrected chi connectivity index (χ2v) is 4.91. The SMILES string of the molecule is COc1cc(Oc2ccc(C)cc2Br)c(N)cc1F. The molecule has 0 atom stereocenters. The van der Waals surface area contributed by atoms with Crippen LogP contribution in [-0.4, -0.2) is 7.11 Å². The van der Waals surface area contributed by atoms with Gasteiger partial charge < -0.3 is 15.2 Å². The highest BCUT2D eigenvalue weighted by Gasteiger charge is 2.11. The standard InChI is InChI=1S/C14H13BrFNO2/c1-8-3-4-12(9(15)5-8)19-14-7-13(18-2)10(16)6-11(14)17/h3-7H,17H2,1-2H3. The summed E-state index contributed by atoms with van der Waals surface area (Å²) in [6.07, 6.45) is 0. The highest BCUT2D eigenvalue weighted by Crippen LogP contribution is 2.36. The average molecular weight is 326 g/mol. The Hall–Kier alpha value is -1.75. The number of ether oxygens (including phenoxy) is 2. The smallest absolute Gasteiger partial charge is 0.167 e. The van der Waals surface area contributed by atoms with Gasteiger partial charge in [0.25, 0.3) is 0 Å². The van der Waals surface area contributed by atoms with E-state index in [4.69, 9.17) is 15.2 Å². The third-order valence-corrected chi connectivity index (χ3v) is 3.21. The molecule has 100 valence electrons. The fourth-order valence-electron chi connectivity index (χ4n) is 1.60. The summed E-state index contributed by atoms with van der Waals surface area (Å²) in [7, 11) is 1.39. The minimum atomic E-state index is -0.518. The van der Waals surface area contributed by atoms with Crippen LogP contribution in [0.15, 0.2) is 34.8 Å². The number of nitrogens with two attached hydrogens (primary N) is 1. The van der Waals surface area contributed by atoms with Crippen molar-refractivity contribution in [2.45, 2.75) is 6.92 Å². The Labute approximate surface area is 119 Å². The lowest BCUT2D eigenvalue weighted by Crippen LogP contribution is -1.96. The zero-order valence-corrected chi connectivity index (χ0v) is 12.1. The van der Waals surface area contributed by atoms with Crippen molar-refractivity contribution in [1.82, 2.24) is 0 Å². The molecule has 0 aliphatic carbocycles. The van der Waals surface area contributed by atoms with E-state index < -0.39 is 5.82 Å². The van der Waals surface area contributed by atoms with Crippen molar-refractivity contribution in [2.75, 3.05) is 12.8 Å². The maximum absolute atomic E-state index is 13.4. The molecule has 0 heterocycles. The number of methoxy groups -OCH3 is 1. The molecule has 0 fully saturated rings. The van der Waals surface area contributed by atoms with Crippen molar-refractivity contribution < 1.29 is 13.9 Å². The molecule has 2 aromatic rings. The van der Waals surface area contributed by atoms with Gasteiger partial charge in [-0.1, -0.05) is 6.07 Å². The molecule has 0 spiro atoms. The summed E-state index contributed by atoms with van der Waals surface area (Å²) in [6, 6.07) is 8.26. The number of hydrogen-bond acceptors (Lipinski definition) is 3. The fraction of sp³-hybridized carbons (Fsp3) is 0.143. The van der Waals surface area contributed by atoms with Crippen LogP contribution in [0.1, 0.15) is 5.56 Å². The number of nitrogen functional groups attached to an aromatic ring is 1. The van der Waals surface area contributed by atoms with Gasteiger partial charge in [0.15, 0.2) is 17.3 Å². The van der Waals surface area contributed by atoms with Crippen LogP contribution in [0.2, 0.25) is 0 Å². The van der Waals surface area contributed by atoms with Gasteiger partial charge in [0.1, 0.15) is 5.75 Å². The van der Waals surface area contributed by atoms with Crippen LogP contribution in [-0.2, 0) is 0 Å². The fourth-order valence-corrected chi connectivity index (χ4v) is 2.18. The first-order chi connectivity index (χ1) is 9.01. The molecule has 0 saturated heterocycles. The lowest BCUT2D eigenvalue weighted by molar-refractivity contribution is 0.382. The molecule has 0 aromatic heterocycles. The van der Waals surface area contributed by atoms with Gasteiger partial charge in [-0.2, -0.15) is 0 Å². The Balaban J connectivity index is 2.37. The first-order valence-corrected chi connectivity index (χ1v) is 6.37. The van der Waals surface area contributed by atoms with Crippen molar-refractivity contribution in [2.24, 2.45) is 0 Å². The van der Waals surface area contributed by atoms with Gasteiger partial charge in [-0.3, -0.25) is 0 Å². The minimum Gasteiger partial charge on any atom is -0.494 e. The van der Waals surface area contributed by atoms with E-state index in [1.54, 1.807) is 0 Å². The number of anilines is 1. The van der Waals surface area contributed by atoms with Crippen molar-refractivity contribution in [3.05, 3.63) is 46.2 Å². The molecule has 0 bridgehead atoms. The zero-order valence-electron chi connectivity index (χ0n) is 10.5. The summed E-state index contributed by atoms with van der Waals surface area (Å²) >= 11 is 3.41. The van der Waals surface area contributed by atoms with Crippen LogP contribution >= 0.6 is 15.9 Å². The molecule has 0 unspecified atom stereocenters. The molecule has 2 rings (SSSR count). The second-order valence-electron chi connectivity index (χ2n) is 4.06. The summed E-state index contributed by atoms with van der Waals surface area (Å²) in [4.78, 5) is 0. The van der Waals surface area contributed by atoms with E-state index in [-0.39, 0.29) is 11.4 Å². The molecule has 0 saturated carbocycles. The Morgan fingerprint density at radius 1 is 1.11 bits per heavy atom. The Bertz CT molecular complexity index is 617. The van der Waals surface area contributed by atoms with Gasteiger partial charge in [-0.25, -0.2) is 4.39 Å². The van der Waals surface area contributed by atoms with Gasteiger partial charge in [0, 0.05) is 12.1 Å². The summed E-state index contributed by atoms with van der Waals surface area (Å²) in [5, 5.41) is 0.